The summed E-state index contributed by atoms with van der Waals surface area (Å²) in [6.07, 6.45) is 6.67. The van der Waals surface area contributed by atoms with E-state index in [0.29, 0.717) is 42.7 Å². The standard InChI is InChI=1S/C32H41F3N8O4/c1-6-24(34)25(35)14-22(33)13-20-17-43(18-26(20)38-31(45)46-32(2,3)4)29-36-15-21(16-37-29)28(44)41(5)23-9-11-42(12-10-23)30-39-27(40-47-30)19-7-8-19/h6,14-16,19-20,23,26H,1,7-13,17-18H2,2-5H3,(H,38,45)/b22-14+,25-24-/t20-,26-/m0/s1. The summed E-state index contributed by atoms with van der Waals surface area (Å²) in [5.41, 5.74) is -0.452. The van der Waals surface area contributed by atoms with E-state index < -0.39 is 41.1 Å². The number of alkyl carbamates (subject to hydrolysis) is 1. The molecule has 4 heterocycles. The molecule has 2 aromatic rings. The van der Waals surface area contributed by atoms with Crippen LogP contribution < -0.4 is 15.1 Å². The Morgan fingerprint density at radius 3 is 2.38 bits per heavy atom. The van der Waals surface area contributed by atoms with E-state index in [0.717, 1.165) is 31.5 Å². The lowest BCUT2D eigenvalue weighted by Crippen LogP contribution is -2.45. The van der Waals surface area contributed by atoms with Crippen molar-refractivity contribution in [2.24, 2.45) is 5.92 Å². The van der Waals surface area contributed by atoms with E-state index in [4.69, 9.17) is 9.26 Å². The van der Waals surface area contributed by atoms with E-state index in [1.165, 1.54) is 12.4 Å². The number of allylic oxidation sites excluding steroid dienone is 5. The number of aromatic nitrogens is 4. The van der Waals surface area contributed by atoms with Crippen LogP contribution in [-0.4, -0.2) is 87.9 Å². The fraction of sp³-hybridized carbons (Fsp3) is 0.562. The number of ether oxygens (including phenoxy) is 1. The summed E-state index contributed by atoms with van der Waals surface area (Å²) >= 11 is 0. The largest absolute Gasteiger partial charge is 0.444 e. The zero-order valence-corrected chi connectivity index (χ0v) is 27.1. The molecule has 0 bridgehead atoms. The molecule has 2 saturated heterocycles. The van der Waals surface area contributed by atoms with Crippen molar-refractivity contribution in [3.8, 4) is 0 Å². The fourth-order valence-electron chi connectivity index (χ4n) is 5.75. The molecule has 12 nitrogen and oxygen atoms in total. The molecule has 5 rings (SSSR count). The zero-order chi connectivity index (χ0) is 33.9. The third-order valence-corrected chi connectivity index (χ3v) is 8.44. The Bertz CT molecular complexity index is 1510. The molecular formula is C32H41F3N8O4. The Labute approximate surface area is 271 Å². The van der Waals surface area contributed by atoms with Crippen LogP contribution in [0.1, 0.15) is 75.0 Å². The number of amides is 2. The van der Waals surface area contributed by atoms with Gasteiger partial charge in [-0.25, -0.2) is 27.9 Å². The van der Waals surface area contributed by atoms with Crippen molar-refractivity contribution in [3.63, 3.8) is 0 Å². The molecule has 2 atom stereocenters. The lowest BCUT2D eigenvalue weighted by atomic mass is 9.99. The van der Waals surface area contributed by atoms with E-state index in [9.17, 15) is 22.8 Å². The van der Waals surface area contributed by atoms with Gasteiger partial charge in [0, 0.05) is 76.0 Å². The van der Waals surface area contributed by atoms with Crippen LogP contribution in [0.15, 0.2) is 53.1 Å². The van der Waals surface area contributed by atoms with Crippen molar-refractivity contribution in [1.29, 1.82) is 0 Å². The van der Waals surface area contributed by atoms with Gasteiger partial charge in [-0.2, -0.15) is 4.98 Å². The third-order valence-electron chi connectivity index (χ3n) is 8.44. The molecule has 1 N–H and O–H groups in total. The van der Waals surface area contributed by atoms with Gasteiger partial charge >= 0.3 is 12.1 Å². The first-order valence-corrected chi connectivity index (χ1v) is 15.8. The summed E-state index contributed by atoms with van der Waals surface area (Å²) in [5.74, 6) is -2.87. The Hall–Kier alpha value is -4.43. The Morgan fingerprint density at radius 1 is 1.09 bits per heavy atom. The Kier molecular flexibility index (Phi) is 10.2. The van der Waals surface area contributed by atoms with Crippen molar-refractivity contribution in [3.05, 3.63) is 60.0 Å². The number of carbonyl (C=O) groups is 2. The molecule has 0 unspecified atom stereocenters. The molecule has 3 fully saturated rings. The second-order valence-electron chi connectivity index (χ2n) is 13.2. The van der Waals surface area contributed by atoms with Crippen LogP contribution >= 0.6 is 0 Å². The number of nitrogens with zero attached hydrogens (tertiary/aromatic N) is 7. The number of carbonyl (C=O) groups excluding carboxylic acids is 2. The normalized spacial score (nSPS) is 21.4. The molecule has 2 aliphatic heterocycles. The zero-order valence-electron chi connectivity index (χ0n) is 27.1. The van der Waals surface area contributed by atoms with E-state index in [-0.39, 0.29) is 37.4 Å². The van der Waals surface area contributed by atoms with Gasteiger partial charge in [-0.05, 0) is 52.5 Å². The van der Waals surface area contributed by atoms with Gasteiger partial charge in [0.2, 0.25) is 5.95 Å². The molecule has 0 radical (unpaired) electrons. The minimum Gasteiger partial charge on any atom is -0.444 e. The maximum atomic E-state index is 14.8. The highest BCUT2D eigenvalue weighted by Crippen LogP contribution is 2.39. The molecule has 47 heavy (non-hydrogen) atoms. The molecule has 254 valence electrons. The summed E-state index contributed by atoms with van der Waals surface area (Å²) in [4.78, 5) is 44.7. The first-order chi connectivity index (χ1) is 22.3. The fourth-order valence-corrected chi connectivity index (χ4v) is 5.75. The van der Waals surface area contributed by atoms with Gasteiger partial charge in [0.25, 0.3) is 5.91 Å². The van der Waals surface area contributed by atoms with Crippen LogP contribution in [0, 0.1) is 5.92 Å². The van der Waals surface area contributed by atoms with Gasteiger partial charge in [0.1, 0.15) is 11.4 Å². The van der Waals surface area contributed by atoms with Gasteiger partial charge in [0.05, 0.1) is 11.6 Å². The van der Waals surface area contributed by atoms with Crippen LogP contribution in [-0.2, 0) is 4.74 Å². The maximum absolute atomic E-state index is 14.8. The second kappa shape index (κ2) is 14.1. The van der Waals surface area contributed by atoms with Crippen molar-refractivity contribution >= 4 is 24.0 Å². The lowest BCUT2D eigenvalue weighted by Gasteiger charge is -2.35. The van der Waals surface area contributed by atoms with Crippen molar-refractivity contribution in [1.82, 2.24) is 30.3 Å². The molecule has 0 aromatic carbocycles. The molecule has 2 aromatic heterocycles. The van der Waals surface area contributed by atoms with Gasteiger partial charge in [-0.15, -0.1) is 0 Å². The van der Waals surface area contributed by atoms with Gasteiger partial charge in [-0.1, -0.05) is 11.7 Å². The topological polar surface area (TPSA) is 130 Å². The SMILES string of the molecule is C=C/C(F)=C(F)\C=C(\F)C[C@H]1CN(c2ncc(C(=O)N(C)C3CCN(c4nc(C5CC5)no4)CC3)cn2)C[C@@H]1NC(=O)OC(C)(C)C. The van der Waals surface area contributed by atoms with Crippen molar-refractivity contribution < 1.29 is 32.0 Å². The molecule has 0 spiro atoms. The first kappa shape index (κ1) is 33.9. The number of hydrogen-bond acceptors (Lipinski definition) is 10. The predicted molar refractivity (Wildman–Crippen MR) is 168 cm³/mol. The second-order valence-corrected chi connectivity index (χ2v) is 13.2. The minimum atomic E-state index is -1.38. The number of piperidine rings is 1. The highest BCUT2D eigenvalue weighted by atomic mass is 19.2. The monoisotopic (exact) mass is 658 g/mol. The molecule has 3 aliphatic rings. The summed E-state index contributed by atoms with van der Waals surface area (Å²) in [6.45, 7) is 10.0. The van der Waals surface area contributed by atoms with E-state index in [1.54, 1.807) is 37.6 Å². The quantitative estimate of drug-likeness (QED) is 0.332. The summed E-state index contributed by atoms with van der Waals surface area (Å²) in [7, 11) is 1.76. The van der Waals surface area contributed by atoms with Crippen LogP contribution in [0.2, 0.25) is 0 Å². The van der Waals surface area contributed by atoms with Crippen molar-refractivity contribution in [2.75, 3.05) is 43.0 Å². The molecule has 1 aliphatic carbocycles. The van der Waals surface area contributed by atoms with E-state index in [2.05, 4.69) is 32.0 Å². The average molecular weight is 659 g/mol. The van der Waals surface area contributed by atoms with Gasteiger partial charge in [-0.3, -0.25) is 4.79 Å². The highest BCUT2D eigenvalue weighted by molar-refractivity contribution is 5.93. The van der Waals surface area contributed by atoms with Crippen LogP contribution in [0.3, 0.4) is 0 Å². The van der Waals surface area contributed by atoms with Crippen LogP contribution in [0.25, 0.3) is 0 Å². The smallest absolute Gasteiger partial charge is 0.407 e. The number of hydrogen-bond donors (Lipinski definition) is 1. The molecule has 1 saturated carbocycles. The lowest BCUT2D eigenvalue weighted by molar-refractivity contribution is 0.0496. The third kappa shape index (κ3) is 8.69. The summed E-state index contributed by atoms with van der Waals surface area (Å²) in [5, 5.41) is 6.85. The number of nitrogens with one attached hydrogen (secondary N) is 1. The van der Waals surface area contributed by atoms with Gasteiger partial charge < -0.3 is 29.3 Å². The maximum Gasteiger partial charge on any atom is 0.407 e. The van der Waals surface area contributed by atoms with Crippen molar-refractivity contribution in [2.45, 2.75) is 76.5 Å². The van der Waals surface area contributed by atoms with Gasteiger partial charge in [0.15, 0.2) is 17.5 Å². The van der Waals surface area contributed by atoms with Crippen LogP contribution in [0.5, 0.6) is 0 Å². The number of anilines is 2. The predicted octanol–water partition coefficient (Wildman–Crippen LogP) is 5.39. The van der Waals surface area contributed by atoms with E-state index in [1.807, 2.05) is 4.90 Å². The van der Waals surface area contributed by atoms with E-state index >= 15 is 0 Å². The summed E-state index contributed by atoms with van der Waals surface area (Å²) in [6, 6.07) is -0.0825. The number of rotatable bonds is 10. The first-order valence-electron chi connectivity index (χ1n) is 15.8. The Morgan fingerprint density at radius 2 is 1.77 bits per heavy atom. The number of halogens is 3. The Balaban J connectivity index is 1.20. The molecular weight excluding hydrogens is 617 g/mol. The molecule has 2 amide bonds. The summed E-state index contributed by atoms with van der Waals surface area (Å²) < 4.78 is 53.0. The highest BCUT2D eigenvalue weighted by Gasteiger charge is 2.37. The minimum absolute atomic E-state index is 0.00543. The van der Waals surface area contributed by atoms with Crippen LogP contribution in [0.4, 0.5) is 29.9 Å². The average Bonchev–Trinajstić information content (AvgIpc) is 3.64. The molecule has 15 heteroatoms.